The molecule has 4 nitrogen and oxygen atoms in total. The van der Waals surface area contributed by atoms with Crippen LogP contribution in [0.5, 0.6) is 5.75 Å². The Hall–Kier alpha value is -2.59. The Labute approximate surface area is 160 Å². The average molecular weight is 362 g/mol. The van der Waals surface area contributed by atoms with Gasteiger partial charge in [0, 0.05) is 11.6 Å². The highest BCUT2D eigenvalue weighted by Gasteiger charge is 2.20. The van der Waals surface area contributed by atoms with Crippen LogP contribution in [-0.4, -0.2) is 30.3 Å². The van der Waals surface area contributed by atoms with E-state index in [-0.39, 0.29) is 0 Å². The first-order valence-electron chi connectivity index (χ1n) is 9.66. The molecule has 0 N–H and O–H groups in total. The predicted molar refractivity (Wildman–Crippen MR) is 107 cm³/mol. The summed E-state index contributed by atoms with van der Waals surface area (Å²) >= 11 is 0. The molecule has 2 aromatic carbocycles. The lowest BCUT2D eigenvalue weighted by atomic mass is 9.90. The number of benzene rings is 2. The second-order valence-electron chi connectivity index (χ2n) is 7.32. The Morgan fingerprint density at radius 3 is 2.48 bits per heavy atom. The van der Waals surface area contributed by atoms with Gasteiger partial charge in [-0.3, -0.25) is 4.90 Å². The largest absolute Gasteiger partial charge is 0.497 e. The Kier molecular flexibility index (Phi) is 5.54. The van der Waals surface area contributed by atoms with Gasteiger partial charge < -0.3 is 9.26 Å². The monoisotopic (exact) mass is 362 g/mol. The Balaban J connectivity index is 1.30. The van der Waals surface area contributed by atoms with Gasteiger partial charge in [0.1, 0.15) is 11.4 Å². The van der Waals surface area contributed by atoms with E-state index < -0.39 is 0 Å². The summed E-state index contributed by atoms with van der Waals surface area (Å²) in [4.78, 5) is 2.47. The summed E-state index contributed by atoms with van der Waals surface area (Å²) in [6.07, 6.45) is 3.68. The van der Waals surface area contributed by atoms with Gasteiger partial charge in [0.25, 0.3) is 0 Å². The number of methoxy groups -OCH3 is 1. The fourth-order valence-corrected chi connectivity index (χ4v) is 3.80. The second kappa shape index (κ2) is 8.40. The van der Waals surface area contributed by atoms with Crippen molar-refractivity contribution in [1.82, 2.24) is 10.1 Å². The van der Waals surface area contributed by atoms with Crippen LogP contribution >= 0.6 is 0 Å². The third-order valence-corrected chi connectivity index (χ3v) is 5.40. The van der Waals surface area contributed by atoms with E-state index in [2.05, 4.69) is 46.5 Å². The van der Waals surface area contributed by atoms with Crippen molar-refractivity contribution in [3.05, 3.63) is 72.0 Å². The molecule has 1 fully saturated rings. The van der Waals surface area contributed by atoms with Gasteiger partial charge in [-0.15, -0.1) is 0 Å². The number of hydrogen-bond donors (Lipinski definition) is 0. The summed E-state index contributed by atoms with van der Waals surface area (Å²) in [5, 5.41) is 4.24. The van der Waals surface area contributed by atoms with Crippen LogP contribution in [0.3, 0.4) is 0 Å². The first-order chi connectivity index (χ1) is 13.3. The van der Waals surface area contributed by atoms with Gasteiger partial charge in [0.15, 0.2) is 5.76 Å². The van der Waals surface area contributed by atoms with Crippen molar-refractivity contribution in [2.75, 3.05) is 20.2 Å². The Morgan fingerprint density at radius 1 is 1.04 bits per heavy atom. The minimum atomic E-state index is 0.785. The molecule has 3 aromatic rings. The summed E-state index contributed by atoms with van der Waals surface area (Å²) in [6.45, 7) is 3.08. The quantitative estimate of drug-likeness (QED) is 0.631. The molecule has 0 unspecified atom stereocenters. The molecule has 1 saturated heterocycles. The molecule has 0 saturated carbocycles. The fraction of sp³-hybridized carbons (Fsp3) is 0.348. The summed E-state index contributed by atoms with van der Waals surface area (Å²) in [6, 6.07) is 20.8. The van der Waals surface area contributed by atoms with Crippen molar-refractivity contribution in [2.24, 2.45) is 5.92 Å². The zero-order valence-corrected chi connectivity index (χ0v) is 15.8. The number of piperidine rings is 1. The topological polar surface area (TPSA) is 38.5 Å². The number of nitrogens with zero attached hydrogens (tertiary/aromatic N) is 2. The second-order valence-corrected chi connectivity index (χ2v) is 7.32. The van der Waals surface area contributed by atoms with E-state index in [9.17, 15) is 0 Å². The Bertz CT molecular complexity index is 834. The molecule has 1 aliphatic rings. The highest BCUT2D eigenvalue weighted by Crippen LogP contribution is 2.25. The van der Waals surface area contributed by atoms with Crippen molar-refractivity contribution in [1.29, 1.82) is 0 Å². The number of aromatic nitrogens is 1. The number of likely N-dealkylation sites (tertiary alicyclic amines) is 1. The highest BCUT2D eigenvalue weighted by atomic mass is 16.5. The summed E-state index contributed by atoms with van der Waals surface area (Å²) in [7, 11) is 1.67. The molecule has 0 radical (unpaired) electrons. The lowest BCUT2D eigenvalue weighted by Gasteiger charge is -2.31. The van der Waals surface area contributed by atoms with Crippen LogP contribution in [0.25, 0.3) is 11.3 Å². The maximum Gasteiger partial charge on any atom is 0.151 e. The normalized spacial score (nSPS) is 15.7. The van der Waals surface area contributed by atoms with Gasteiger partial charge in [0.2, 0.25) is 0 Å². The molecule has 2 heterocycles. The van der Waals surface area contributed by atoms with E-state index >= 15 is 0 Å². The van der Waals surface area contributed by atoms with Crippen LogP contribution in [-0.2, 0) is 13.0 Å². The third-order valence-electron chi connectivity index (χ3n) is 5.40. The van der Waals surface area contributed by atoms with E-state index in [1.54, 1.807) is 7.11 Å². The van der Waals surface area contributed by atoms with Crippen molar-refractivity contribution in [3.63, 3.8) is 0 Å². The standard InChI is InChI=1S/C23H26N2O2/c1-26-21-9-7-20(8-10-21)23-16-22(27-24-23)17-25-13-11-19(12-14-25)15-18-5-3-2-4-6-18/h2-10,16,19H,11-15,17H2,1H3. The van der Waals surface area contributed by atoms with Gasteiger partial charge >= 0.3 is 0 Å². The molecular weight excluding hydrogens is 336 g/mol. The van der Waals surface area contributed by atoms with Crippen LogP contribution in [0.1, 0.15) is 24.2 Å². The third kappa shape index (κ3) is 4.58. The molecule has 1 aliphatic heterocycles. The van der Waals surface area contributed by atoms with E-state index in [0.717, 1.165) is 48.3 Å². The first kappa shape index (κ1) is 17.8. The highest BCUT2D eigenvalue weighted by molar-refractivity contribution is 5.59. The van der Waals surface area contributed by atoms with E-state index in [1.165, 1.54) is 24.8 Å². The van der Waals surface area contributed by atoms with Crippen molar-refractivity contribution >= 4 is 0 Å². The molecule has 1 aromatic heterocycles. The fourth-order valence-electron chi connectivity index (χ4n) is 3.80. The van der Waals surface area contributed by atoms with E-state index in [4.69, 9.17) is 9.26 Å². The van der Waals surface area contributed by atoms with Crippen molar-refractivity contribution < 1.29 is 9.26 Å². The molecule has 0 spiro atoms. The zero-order chi connectivity index (χ0) is 18.5. The van der Waals surface area contributed by atoms with Gasteiger partial charge in [-0.05, 0) is 68.1 Å². The molecule has 4 rings (SSSR count). The van der Waals surface area contributed by atoms with E-state index in [1.807, 2.05) is 24.3 Å². The molecule has 0 amide bonds. The average Bonchev–Trinajstić information content (AvgIpc) is 3.19. The smallest absolute Gasteiger partial charge is 0.151 e. The minimum Gasteiger partial charge on any atom is -0.497 e. The molecule has 0 bridgehead atoms. The number of hydrogen-bond acceptors (Lipinski definition) is 4. The summed E-state index contributed by atoms with van der Waals surface area (Å²) in [5.74, 6) is 2.57. The molecule has 27 heavy (non-hydrogen) atoms. The van der Waals surface area contributed by atoms with Gasteiger partial charge in [0.05, 0.1) is 13.7 Å². The maximum absolute atomic E-state index is 5.58. The van der Waals surface area contributed by atoms with Crippen LogP contribution in [0, 0.1) is 5.92 Å². The SMILES string of the molecule is COc1ccc(-c2cc(CN3CCC(Cc4ccccc4)CC3)on2)cc1. The molecule has 0 aliphatic carbocycles. The lowest BCUT2D eigenvalue weighted by Crippen LogP contribution is -2.33. The summed E-state index contributed by atoms with van der Waals surface area (Å²) in [5.41, 5.74) is 3.38. The Morgan fingerprint density at radius 2 is 1.78 bits per heavy atom. The molecule has 4 heteroatoms. The van der Waals surface area contributed by atoms with Gasteiger partial charge in [-0.1, -0.05) is 35.5 Å². The van der Waals surface area contributed by atoms with Crippen LogP contribution < -0.4 is 4.74 Å². The summed E-state index contributed by atoms with van der Waals surface area (Å²) < 4.78 is 10.8. The first-order valence-corrected chi connectivity index (χ1v) is 9.66. The van der Waals surface area contributed by atoms with Gasteiger partial charge in [-0.2, -0.15) is 0 Å². The van der Waals surface area contributed by atoms with Crippen LogP contribution in [0.4, 0.5) is 0 Å². The molecular formula is C23H26N2O2. The zero-order valence-electron chi connectivity index (χ0n) is 15.8. The van der Waals surface area contributed by atoms with Crippen LogP contribution in [0.15, 0.2) is 65.2 Å². The van der Waals surface area contributed by atoms with Gasteiger partial charge in [-0.25, -0.2) is 0 Å². The van der Waals surface area contributed by atoms with E-state index in [0.29, 0.717) is 0 Å². The number of ether oxygens (including phenoxy) is 1. The molecule has 140 valence electrons. The lowest BCUT2D eigenvalue weighted by molar-refractivity contribution is 0.161. The van der Waals surface area contributed by atoms with Crippen molar-refractivity contribution in [3.8, 4) is 17.0 Å². The minimum absolute atomic E-state index is 0.785. The molecule has 0 atom stereocenters. The van der Waals surface area contributed by atoms with Crippen molar-refractivity contribution in [2.45, 2.75) is 25.8 Å². The number of rotatable bonds is 6. The predicted octanol–water partition coefficient (Wildman–Crippen LogP) is 4.80. The van der Waals surface area contributed by atoms with Crippen LogP contribution in [0.2, 0.25) is 0 Å². The maximum atomic E-state index is 5.58.